The van der Waals surface area contributed by atoms with Crippen molar-refractivity contribution in [2.24, 2.45) is 5.16 Å². The molecule has 2 atom stereocenters. The molecule has 0 radical (unpaired) electrons. The van der Waals surface area contributed by atoms with Crippen LogP contribution in [0.15, 0.2) is 34.1 Å². The van der Waals surface area contributed by atoms with Gasteiger partial charge in [0, 0.05) is 22.2 Å². The molecule has 2 aliphatic heterocycles. The predicted octanol–water partition coefficient (Wildman–Crippen LogP) is 1.83. The van der Waals surface area contributed by atoms with E-state index in [2.05, 4.69) is 20.4 Å². The highest BCUT2D eigenvalue weighted by molar-refractivity contribution is 8.00. The number of thiazole rings is 2. The van der Waals surface area contributed by atoms with Crippen LogP contribution in [0.4, 0.5) is 18.3 Å². The van der Waals surface area contributed by atoms with Crippen LogP contribution < -0.4 is 11.1 Å². The number of rotatable bonds is 6. The van der Waals surface area contributed by atoms with Crippen molar-refractivity contribution in [1.82, 2.24) is 20.2 Å². The van der Waals surface area contributed by atoms with Gasteiger partial charge in [-0.25, -0.2) is 14.8 Å². The molecule has 0 aliphatic carbocycles. The van der Waals surface area contributed by atoms with E-state index in [1.54, 1.807) is 0 Å². The number of allylic oxidation sites excluding steroid dienone is 1. The van der Waals surface area contributed by atoms with E-state index < -0.39 is 46.1 Å². The largest absolute Gasteiger partial charge is 0.477 e. The summed E-state index contributed by atoms with van der Waals surface area (Å²) in [5.41, 5.74) is 4.91. The first-order valence-corrected chi connectivity index (χ1v) is 12.1. The number of carbonyl (C=O) groups excluding carboxylic acids is 2. The van der Waals surface area contributed by atoms with Gasteiger partial charge in [0.05, 0.1) is 0 Å². The lowest BCUT2D eigenvalue weighted by Gasteiger charge is -2.49. The van der Waals surface area contributed by atoms with Crippen LogP contribution in [0.25, 0.3) is 6.08 Å². The average Bonchev–Trinajstić information content (AvgIpc) is 3.45. The second-order valence-electron chi connectivity index (χ2n) is 6.96. The number of fused-ring (bicyclic) bond motifs is 1. The zero-order chi connectivity index (χ0) is 25.5. The van der Waals surface area contributed by atoms with E-state index in [9.17, 15) is 37.9 Å². The Labute approximate surface area is 205 Å². The maximum Gasteiger partial charge on any atom is 0.443 e. The average molecular weight is 547 g/mol. The Morgan fingerprint density at radius 1 is 1.34 bits per heavy atom. The van der Waals surface area contributed by atoms with Gasteiger partial charge < -0.3 is 21.4 Å². The highest BCUT2D eigenvalue weighted by Crippen LogP contribution is 2.41. The van der Waals surface area contributed by atoms with Crippen LogP contribution in [0.3, 0.4) is 0 Å². The summed E-state index contributed by atoms with van der Waals surface area (Å²) in [6.07, 6.45) is -0.964. The van der Waals surface area contributed by atoms with E-state index in [0.717, 1.165) is 34.2 Å². The van der Waals surface area contributed by atoms with Crippen LogP contribution in [0.2, 0.25) is 0 Å². The maximum absolute atomic E-state index is 12.7. The number of hydrogen-bond donors (Lipinski definition) is 4. The molecule has 2 aliphatic rings. The molecule has 0 spiro atoms. The highest BCUT2D eigenvalue weighted by atomic mass is 32.2. The lowest BCUT2D eigenvalue weighted by atomic mass is 10.0. The molecular formula is C18H13F3N6O5S3. The van der Waals surface area contributed by atoms with Gasteiger partial charge in [0.25, 0.3) is 11.8 Å². The third-order valence-electron chi connectivity index (χ3n) is 4.78. The van der Waals surface area contributed by atoms with Crippen LogP contribution in [-0.4, -0.2) is 65.8 Å². The fourth-order valence-electron chi connectivity index (χ4n) is 3.27. The molecule has 0 aromatic carbocycles. The standard InChI is InChI=1S/C18H13F3N6O5S3/c19-18(20,21)16-23-3-7(35-16)2-1-6-4-33-14-10(13(29)27(14)11(6)15(30)31)25-12(28)9(26-32)8-5-34-17(22)24-8/h1-3,5,10,14,32H,4H2,(H2,22,24)(H,25,28)(H,30,31)/t10?,14-/m0/s1. The molecule has 5 N–H and O–H groups in total. The molecule has 0 saturated carbocycles. The lowest BCUT2D eigenvalue weighted by Crippen LogP contribution is -2.71. The van der Waals surface area contributed by atoms with Gasteiger partial charge in [0.1, 0.15) is 22.8 Å². The van der Waals surface area contributed by atoms with Gasteiger partial charge >= 0.3 is 12.1 Å². The predicted molar refractivity (Wildman–Crippen MR) is 121 cm³/mol. The van der Waals surface area contributed by atoms with E-state index in [1.165, 1.54) is 17.5 Å². The molecule has 0 bridgehead atoms. The first-order valence-electron chi connectivity index (χ1n) is 9.37. The van der Waals surface area contributed by atoms with Gasteiger partial charge in [-0.15, -0.1) is 34.4 Å². The SMILES string of the molecule is Nc1nc(C(=NO)C(=O)NC2C(=O)N3C(C(=O)O)=C(C=Cc4cnc(C(F)(F)F)s4)CS[C@@H]23)cs1. The van der Waals surface area contributed by atoms with E-state index in [-0.39, 0.29) is 32.7 Å². The summed E-state index contributed by atoms with van der Waals surface area (Å²) in [6.45, 7) is 0. The van der Waals surface area contributed by atoms with Crippen molar-refractivity contribution in [2.75, 3.05) is 11.5 Å². The molecule has 1 saturated heterocycles. The lowest BCUT2D eigenvalue weighted by molar-refractivity contribution is -0.150. The molecule has 35 heavy (non-hydrogen) atoms. The number of anilines is 1. The van der Waals surface area contributed by atoms with Crippen molar-refractivity contribution in [2.45, 2.75) is 17.6 Å². The molecule has 11 nitrogen and oxygen atoms in total. The van der Waals surface area contributed by atoms with Gasteiger partial charge in [-0.05, 0) is 11.6 Å². The summed E-state index contributed by atoms with van der Waals surface area (Å²) in [5, 5.41) is 23.9. The Morgan fingerprint density at radius 3 is 2.66 bits per heavy atom. The molecule has 4 rings (SSSR count). The Hall–Kier alpha value is -3.44. The third-order valence-corrected chi connectivity index (χ3v) is 7.76. The van der Waals surface area contributed by atoms with Crippen molar-refractivity contribution >= 4 is 69.1 Å². The topological polar surface area (TPSA) is 171 Å². The Balaban J connectivity index is 1.51. The van der Waals surface area contributed by atoms with Crippen LogP contribution >= 0.6 is 34.4 Å². The number of carbonyl (C=O) groups is 3. The second-order valence-corrected chi connectivity index (χ2v) is 10.0. The van der Waals surface area contributed by atoms with E-state index >= 15 is 0 Å². The number of hydrogen-bond acceptors (Lipinski definition) is 11. The quantitative estimate of drug-likeness (QED) is 0.183. The fraction of sp³-hybridized carbons (Fsp3) is 0.222. The normalized spacial score (nSPS) is 20.7. The number of carboxylic acids is 1. The first-order chi connectivity index (χ1) is 16.5. The minimum Gasteiger partial charge on any atom is -0.477 e. The summed E-state index contributed by atoms with van der Waals surface area (Å²) in [7, 11) is 0. The molecule has 2 amide bonds. The number of nitrogens with two attached hydrogens (primary N) is 1. The number of nitrogen functional groups attached to an aromatic ring is 1. The van der Waals surface area contributed by atoms with Crippen molar-refractivity contribution < 1.29 is 37.9 Å². The molecule has 2 aromatic heterocycles. The summed E-state index contributed by atoms with van der Waals surface area (Å²) in [4.78, 5) is 45.5. The van der Waals surface area contributed by atoms with E-state index in [4.69, 9.17) is 5.73 Å². The van der Waals surface area contributed by atoms with Crippen molar-refractivity contribution in [3.05, 3.63) is 44.5 Å². The first kappa shape index (κ1) is 24.7. The second kappa shape index (κ2) is 9.31. The number of amides is 2. The molecule has 4 heterocycles. The minimum absolute atomic E-state index is 0.00252. The molecule has 1 fully saturated rings. The molecule has 2 aromatic rings. The van der Waals surface area contributed by atoms with Crippen LogP contribution in [0.5, 0.6) is 0 Å². The number of nitrogens with zero attached hydrogens (tertiary/aromatic N) is 4. The van der Waals surface area contributed by atoms with Crippen LogP contribution in [0.1, 0.15) is 15.6 Å². The molecule has 1 unspecified atom stereocenters. The summed E-state index contributed by atoms with van der Waals surface area (Å²) in [5.74, 6) is -2.93. The zero-order valence-corrected chi connectivity index (χ0v) is 19.5. The summed E-state index contributed by atoms with van der Waals surface area (Å²) in [6, 6.07) is -1.10. The number of oxime groups is 1. The number of alkyl halides is 3. The van der Waals surface area contributed by atoms with Gasteiger partial charge in [0.2, 0.25) is 0 Å². The van der Waals surface area contributed by atoms with Gasteiger partial charge in [-0.2, -0.15) is 13.2 Å². The summed E-state index contributed by atoms with van der Waals surface area (Å²) >= 11 is 2.55. The zero-order valence-electron chi connectivity index (χ0n) is 17.0. The van der Waals surface area contributed by atoms with Crippen LogP contribution in [-0.2, 0) is 20.6 Å². The van der Waals surface area contributed by atoms with Crippen molar-refractivity contribution in [3.63, 3.8) is 0 Å². The maximum atomic E-state index is 12.7. The Bertz CT molecular complexity index is 1300. The van der Waals surface area contributed by atoms with Gasteiger partial charge in [0.15, 0.2) is 15.9 Å². The van der Waals surface area contributed by atoms with E-state index in [1.807, 2.05) is 0 Å². The summed E-state index contributed by atoms with van der Waals surface area (Å²) < 4.78 is 38.2. The third kappa shape index (κ3) is 4.73. The van der Waals surface area contributed by atoms with Gasteiger partial charge in [-0.3, -0.25) is 14.5 Å². The number of nitrogens with one attached hydrogen (secondary N) is 1. The number of thioether (sulfide) groups is 1. The fourth-order valence-corrected chi connectivity index (χ4v) is 5.82. The molecular weight excluding hydrogens is 533 g/mol. The number of aromatic nitrogens is 2. The van der Waals surface area contributed by atoms with Crippen LogP contribution in [0, 0.1) is 0 Å². The molecule has 184 valence electrons. The highest BCUT2D eigenvalue weighted by Gasteiger charge is 2.54. The minimum atomic E-state index is -4.59. The van der Waals surface area contributed by atoms with Gasteiger partial charge in [-0.1, -0.05) is 11.2 Å². The van der Waals surface area contributed by atoms with Crippen molar-refractivity contribution in [1.29, 1.82) is 0 Å². The number of carboxylic acid groups (broad SMARTS) is 1. The number of β-lactam (4-membered cyclic amide) rings is 1. The van der Waals surface area contributed by atoms with Crippen molar-refractivity contribution in [3.8, 4) is 0 Å². The monoisotopic (exact) mass is 546 g/mol. The number of aliphatic carboxylic acids is 1. The molecule has 17 heteroatoms. The smallest absolute Gasteiger partial charge is 0.443 e. The van der Waals surface area contributed by atoms with E-state index in [0.29, 0.717) is 11.3 Å². The Kier molecular flexibility index (Phi) is 6.56. The number of halogens is 3. The Morgan fingerprint density at radius 2 is 2.09 bits per heavy atom.